The molecule has 0 aliphatic heterocycles. The van der Waals surface area contributed by atoms with Gasteiger partial charge in [-0.3, -0.25) is 13.8 Å². The second-order valence-electron chi connectivity index (χ2n) is 13.5. The van der Waals surface area contributed by atoms with Gasteiger partial charge < -0.3 is 19.2 Å². The van der Waals surface area contributed by atoms with Crippen molar-refractivity contribution in [1.82, 2.24) is 0 Å². The van der Waals surface area contributed by atoms with E-state index < -0.39 is 20.5 Å². The van der Waals surface area contributed by atoms with Gasteiger partial charge in [-0.05, 0) is 6.42 Å². The number of esters is 1. The first-order valence-electron chi connectivity index (χ1n) is 17.8. The Kier molecular flexibility index (Phi) is 28.6. The largest absolute Gasteiger partial charge is 0.472 e. The van der Waals surface area contributed by atoms with Crippen molar-refractivity contribution >= 4 is 13.8 Å². The number of aliphatic hydroxyl groups is 1. The first kappa shape index (κ1) is 42.5. The molecule has 0 bridgehead atoms. The highest BCUT2D eigenvalue weighted by molar-refractivity contribution is 7.47. The van der Waals surface area contributed by atoms with E-state index in [1.165, 1.54) is 128 Å². The molecule has 0 saturated carbocycles. The van der Waals surface area contributed by atoms with Gasteiger partial charge in [-0.2, -0.15) is 0 Å². The number of aliphatic hydroxyl groups excluding tert-OH is 1. The highest BCUT2D eigenvalue weighted by atomic mass is 31.2. The second-order valence-corrected chi connectivity index (χ2v) is 14.9. The van der Waals surface area contributed by atoms with E-state index >= 15 is 0 Å². The van der Waals surface area contributed by atoms with E-state index in [2.05, 4.69) is 6.92 Å². The number of quaternary nitrogens is 1. The summed E-state index contributed by atoms with van der Waals surface area (Å²) < 4.78 is 27.2. The van der Waals surface area contributed by atoms with Gasteiger partial charge >= 0.3 is 13.8 Å². The maximum Gasteiger partial charge on any atom is 0.472 e. The van der Waals surface area contributed by atoms with Gasteiger partial charge in [-0.25, -0.2) is 4.57 Å². The Morgan fingerprint density at radius 2 is 1.00 bits per heavy atom. The third kappa shape index (κ3) is 34.2. The first-order chi connectivity index (χ1) is 20.6. The minimum Gasteiger partial charge on any atom is -0.463 e. The molecule has 0 aromatic rings. The van der Waals surface area contributed by atoms with E-state index in [1.807, 2.05) is 21.1 Å². The molecule has 43 heavy (non-hydrogen) atoms. The van der Waals surface area contributed by atoms with Gasteiger partial charge in [0.25, 0.3) is 0 Å². The molecule has 0 heterocycles. The van der Waals surface area contributed by atoms with Crippen LogP contribution in [0.15, 0.2) is 0 Å². The summed E-state index contributed by atoms with van der Waals surface area (Å²) in [5.41, 5.74) is 0. The summed E-state index contributed by atoms with van der Waals surface area (Å²) in [6.45, 7) is 2.17. The van der Waals surface area contributed by atoms with Crippen LogP contribution in [-0.4, -0.2) is 74.1 Å². The molecule has 8 nitrogen and oxygen atoms in total. The van der Waals surface area contributed by atoms with Crippen LogP contribution in [0.5, 0.6) is 0 Å². The van der Waals surface area contributed by atoms with Crippen LogP contribution >= 0.6 is 7.82 Å². The molecule has 9 heteroatoms. The average Bonchev–Trinajstić information content (AvgIpc) is 2.94. The van der Waals surface area contributed by atoms with Gasteiger partial charge in [0.05, 0.1) is 27.7 Å². The Morgan fingerprint density at radius 3 is 1.37 bits per heavy atom. The van der Waals surface area contributed by atoms with Crippen LogP contribution in [0.3, 0.4) is 0 Å². The van der Waals surface area contributed by atoms with E-state index in [1.54, 1.807) is 0 Å². The fourth-order valence-electron chi connectivity index (χ4n) is 5.01. The number of nitrogens with zero attached hydrogens (tertiary/aromatic N) is 1. The lowest BCUT2D eigenvalue weighted by Crippen LogP contribution is -2.37. The summed E-state index contributed by atoms with van der Waals surface area (Å²) in [7, 11) is 1.57. The number of phosphoric acid groups is 1. The lowest BCUT2D eigenvalue weighted by atomic mass is 10.0. The number of hydrogen-bond donors (Lipinski definition) is 2. The van der Waals surface area contributed by atoms with Crippen LogP contribution in [0.2, 0.25) is 0 Å². The molecule has 1 unspecified atom stereocenters. The molecule has 0 radical (unpaired) electrons. The van der Waals surface area contributed by atoms with Crippen LogP contribution in [0.1, 0.15) is 161 Å². The van der Waals surface area contributed by atoms with Gasteiger partial charge in [-0.15, -0.1) is 0 Å². The molecule has 0 aromatic heterocycles. The SMILES string of the molecule is CCCCCCCCCCCCCCCCCCCCCCCCCC(=O)OC[C@@H](O)COP(=O)(O)OCC[N+](C)(C)C. The van der Waals surface area contributed by atoms with Crippen molar-refractivity contribution in [2.45, 2.75) is 167 Å². The van der Waals surface area contributed by atoms with Gasteiger partial charge in [-0.1, -0.05) is 148 Å². The Balaban J connectivity index is 3.39. The van der Waals surface area contributed by atoms with Gasteiger partial charge in [0.1, 0.15) is 25.9 Å². The quantitative estimate of drug-likeness (QED) is 0.0321. The predicted octanol–water partition coefficient (Wildman–Crippen LogP) is 9.11. The van der Waals surface area contributed by atoms with Crippen molar-refractivity contribution in [1.29, 1.82) is 0 Å². The van der Waals surface area contributed by atoms with Crippen LogP contribution in [-0.2, 0) is 23.1 Å². The van der Waals surface area contributed by atoms with Crippen LogP contribution in [0.4, 0.5) is 0 Å². The molecule has 0 spiro atoms. The number of likely N-dealkylation sites (N-methyl/N-ethyl adjacent to an activating group) is 1. The molecule has 0 aliphatic rings. The molecule has 0 fully saturated rings. The molecule has 0 saturated heterocycles. The molecule has 258 valence electrons. The number of rotatable bonds is 33. The maximum atomic E-state index is 11.9. The summed E-state index contributed by atoms with van der Waals surface area (Å²) in [6, 6.07) is 0. The van der Waals surface area contributed by atoms with E-state index in [0.717, 1.165) is 19.3 Å². The molecule has 0 rings (SSSR count). The van der Waals surface area contributed by atoms with E-state index in [9.17, 15) is 19.4 Å². The standard InChI is InChI=1S/C34H70NO7P/c1-5-6-7-8-9-10-11-12-13-14-15-16-17-18-19-20-21-22-23-24-25-26-27-28-34(37)40-31-33(36)32-42-43(38,39)41-30-29-35(2,3)4/h33,36H,5-32H2,1-4H3/p+1/t33-/m1/s1. The van der Waals surface area contributed by atoms with Gasteiger partial charge in [0.2, 0.25) is 0 Å². The number of phosphoric ester groups is 1. The zero-order valence-electron chi connectivity index (χ0n) is 28.7. The van der Waals surface area contributed by atoms with Gasteiger partial charge in [0.15, 0.2) is 0 Å². The van der Waals surface area contributed by atoms with Crippen LogP contribution < -0.4 is 0 Å². The summed E-state index contributed by atoms with van der Waals surface area (Å²) in [5.74, 6) is -0.367. The second kappa shape index (κ2) is 28.9. The Bertz CT molecular complexity index is 672. The maximum absolute atomic E-state index is 11.9. The van der Waals surface area contributed by atoms with Crippen LogP contribution in [0, 0.1) is 0 Å². The van der Waals surface area contributed by atoms with E-state index in [0.29, 0.717) is 17.4 Å². The zero-order valence-corrected chi connectivity index (χ0v) is 29.6. The fraction of sp³-hybridized carbons (Fsp3) is 0.971. The molecule has 0 amide bonds. The molecule has 0 aliphatic carbocycles. The third-order valence-electron chi connectivity index (χ3n) is 7.87. The lowest BCUT2D eigenvalue weighted by Gasteiger charge is -2.24. The number of ether oxygens (including phenoxy) is 1. The monoisotopic (exact) mass is 636 g/mol. The van der Waals surface area contributed by atoms with E-state index in [4.69, 9.17) is 13.8 Å². The summed E-state index contributed by atoms with van der Waals surface area (Å²) in [6.07, 6.45) is 29.8. The van der Waals surface area contributed by atoms with E-state index in [-0.39, 0.29) is 19.2 Å². The number of unbranched alkanes of at least 4 members (excludes halogenated alkanes) is 22. The Hall–Kier alpha value is -0.500. The highest BCUT2D eigenvalue weighted by Crippen LogP contribution is 2.43. The number of carbonyl (C=O) groups excluding carboxylic acids is 1. The fourth-order valence-corrected chi connectivity index (χ4v) is 5.76. The summed E-state index contributed by atoms with van der Waals surface area (Å²) in [4.78, 5) is 21.6. The van der Waals surface area contributed by atoms with Crippen molar-refractivity contribution < 1.29 is 37.6 Å². The topological polar surface area (TPSA) is 102 Å². The lowest BCUT2D eigenvalue weighted by molar-refractivity contribution is -0.870. The van der Waals surface area contributed by atoms with Crippen molar-refractivity contribution in [3.63, 3.8) is 0 Å². The Morgan fingerprint density at radius 1 is 0.628 bits per heavy atom. The minimum atomic E-state index is -4.24. The van der Waals surface area contributed by atoms with Crippen LogP contribution in [0.25, 0.3) is 0 Å². The average molecular weight is 637 g/mol. The minimum absolute atomic E-state index is 0.0575. The third-order valence-corrected chi connectivity index (χ3v) is 8.85. The molecule has 2 N–H and O–H groups in total. The molecular weight excluding hydrogens is 565 g/mol. The summed E-state index contributed by atoms with van der Waals surface area (Å²) >= 11 is 0. The van der Waals surface area contributed by atoms with Crippen molar-refractivity contribution in [2.75, 3.05) is 47.5 Å². The number of carbonyl (C=O) groups is 1. The Labute approximate surface area is 265 Å². The first-order valence-corrected chi connectivity index (χ1v) is 19.3. The predicted molar refractivity (Wildman–Crippen MR) is 178 cm³/mol. The van der Waals surface area contributed by atoms with Gasteiger partial charge in [0, 0.05) is 6.42 Å². The number of hydrogen-bond acceptors (Lipinski definition) is 6. The zero-order chi connectivity index (χ0) is 32.1. The molecular formula is C34H71NO7P+. The van der Waals surface area contributed by atoms with Crippen molar-refractivity contribution in [3.05, 3.63) is 0 Å². The van der Waals surface area contributed by atoms with Crippen molar-refractivity contribution in [3.8, 4) is 0 Å². The molecule has 0 aromatic carbocycles. The molecule has 2 atom stereocenters. The van der Waals surface area contributed by atoms with Crippen molar-refractivity contribution in [2.24, 2.45) is 0 Å². The normalized spacial score (nSPS) is 14.1. The summed E-state index contributed by atoms with van der Waals surface area (Å²) in [5, 5.41) is 9.88. The highest BCUT2D eigenvalue weighted by Gasteiger charge is 2.24. The smallest absolute Gasteiger partial charge is 0.463 e.